The molecular formula is C19H24N2O4. The van der Waals surface area contributed by atoms with Crippen LogP contribution in [-0.2, 0) is 9.53 Å². The van der Waals surface area contributed by atoms with E-state index in [9.17, 15) is 4.79 Å². The molecule has 0 unspecified atom stereocenters. The van der Waals surface area contributed by atoms with Gasteiger partial charge in [-0.3, -0.25) is 9.78 Å². The van der Waals surface area contributed by atoms with Gasteiger partial charge >= 0.3 is 5.97 Å². The second-order valence-corrected chi connectivity index (χ2v) is 6.07. The molecule has 0 aliphatic carbocycles. The quantitative estimate of drug-likeness (QED) is 0.777. The average molecular weight is 344 g/mol. The Kier molecular flexibility index (Phi) is 5.26. The molecule has 1 aromatic heterocycles. The maximum Gasteiger partial charge on any atom is 0.309 e. The molecule has 0 atom stereocenters. The normalized spacial score (nSPS) is 15.2. The summed E-state index contributed by atoms with van der Waals surface area (Å²) in [5.41, 5.74) is 1.97. The van der Waals surface area contributed by atoms with Crippen molar-refractivity contribution in [3.05, 3.63) is 24.4 Å². The van der Waals surface area contributed by atoms with Gasteiger partial charge in [0.1, 0.15) is 0 Å². The topological polar surface area (TPSA) is 60.9 Å². The van der Waals surface area contributed by atoms with Crippen LogP contribution in [0.1, 0.15) is 19.8 Å². The number of piperidine rings is 1. The molecule has 6 nitrogen and oxygen atoms in total. The zero-order valence-electron chi connectivity index (χ0n) is 14.9. The van der Waals surface area contributed by atoms with E-state index in [0.717, 1.165) is 42.5 Å². The lowest BCUT2D eigenvalue weighted by Gasteiger charge is -2.33. The smallest absolute Gasteiger partial charge is 0.309 e. The van der Waals surface area contributed by atoms with Crippen molar-refractivity contribution >= 4 is 22.6 Å². The Morgan fingerprint density at radius 2 is 1.88 bits per heavy atom. The van der Waals surface area contributed by atoms with Gasteiger partial charge in [0.2, 0.25) is 0 Å². The third kappa shape index (κ3) is 3.48. The summed E-state index contributed by atoms with van der Waals surface area (Å²) in [6, 6.07) is 5.87. The monoisotopic (exact) mass is 344 g/mol. The van der Waals surface area contributed by atoms with Crippen molar-refractivity contribution < 1.29 is 19.0 Å². The van der Waals surface area contributed by atoms with Crippen LogP contribution in [-0.4, -0.2) is 44.9 Å². The molecule has 1 saturated heterocycles. The number of carbonyl (C=O) groups excluding carboxylic acids is 1. The van der Waals surface area contributed by atoms with Gasteiger partial charge in [-0.05, 0) is 31.9 Å². The molecule has 0 saturated carbocycles. The standard InChI is InChI=1S/C19H24N2O4/c1-4-25-19(22)13-6-9-21(10-7-13)16-5-8-20-15-12-18(24-3)17(23-2)11-14(15)16/h5,8,11-13H,4,6-7,9-10H2,1-3H3. The van der Waals surface area contributed by atoms with E-state index in [1.54, 1.807) is 20.4 Å². The first-order valence-electron chi connectivity index (χ1n) is 8.60. The number of methoxy groups -OCH3 is 2. The molecule has 25 heavy (non-hydrogen) atoms. The van der Waals surface area contributed by atoms with E-state index in [-0.39, 0.29) is 11.9 Å². The summed E-state index contributed by atoms with van der Waals surface area (Å²) in [5, 5.41) is 1.02. The highest BCUT2D eigenvalue weighted by Crippen LogP contribution is 2.36. The van der Waals surface area contributed by atoms with Crippen molar-refractivity contribution in [3.63, 3.8) is 0 Å². The average Bonchev–Trinajstić information content (AvgIpc) is 2.66. The number of nitrogens with zero attached hydrogens (tertiary/aromatic N) is 2. The zero-order valence-corrected chi connectivity index (χ0v) is 14.9. The molecule has 1 aliphatic heterocycles. The summed E-state index contributed by atoms with van der Waals surface area (Å²) in [5.74, 6) is 1.28. The third-order valence-corrected chi connectivity index (χ3v) is 4.68. The molecule has 6 heteroatoms. The largest absolute Gasteiger partial charge is 0.493 e. The molecule has 1 fully saturated rings. The number of esters is 1. The van der Waals surface area contributed by atoms with E-state index in [4.69, 9.17) is 14.2 Å². The summed E-state index contributed by atoms with van der Waals surface area (Å²) in [4.78, 5) is 18.7. The summed E-state index contributed by atoms with van der Waals surface area (Å²) in [6.45, 7) is 3.92. The number of hydrogen-bond acceptors (Lipinski definition) is 6. The van der Waals surface area contributed by atoms with Crippen LogP contribution in [0, 0.1) is 5.92 Å². The van der Waals surface area contributed by atoms with Crippen LogP contribution in [0.3, 0.4) is 0 Å². The molecule has 134 valence electrons. The fraction of sp³-hybridized carbons (Fsp3) is 0.474. The third-order valence-electron chi connectivity index (χ3n) is 4.68. The molecule has 2 aromatic rings. The van der Waals surface area contributed by atoms with Crippen molar-refractivity contribution in [2.24, 2.45) is 5.92 Å². The molecule has 0 radical (unpaired) electrons. The maximum absolute atomic E-state index is 11.9. The highest BCUT2D eigenvalue weighted by atomic mass is 16.5. The highest BCUT2D eigenvalue weighted by Gasteiger charge is 2.27. The Morgan fingerprint density at radius 3 is 2.52 bits per heavy atom. The van der Waals surface area contributed by atoms with Gasteiger partial charge in [0.25, 0.3) is 0 Å². The van der Waals surface area contributed by atoms with Crippen LogP contribution in [0.2, 0.25) is 0 Å². The van der Waals surface area contributed by atoms with E-state index in [0.29, 0.717) is 18.1 Å². The van der Waals surface area contributed by atoms with Gasteiger partial charge in [0.15, 0.2) is 11.5 Å². The van der Waals surface area contributed by atoms with Gasteiger partial charge in [-0.15, -0.1) is 0 Å². The molecule has 0 bridgehead atoms. The first-order chi connectivity index (χ1) is 12.2. The Balaban J connectivity index is 1.86. The maximum atomic E-state index is 11.9. The molecule has 0 N–H and O–H groups in total. The van der Waals surface area contributed by atoms with Crippen LogP contribution in [0.4, 0.5) is 5.69 Å². The van der Waals surface area contributed by atoms with E-state index in [2.05, 4.69) is 9.88 Å². The molecule has 1 aromatic carbocycles. The van der Waals surface area contributed by atoms with E-state index in [1.807, 2.05) is 25.1 Å². The number of pyridine rings is 1. The number of ether oxygens (including phenoxy) is 3. The van der Waals surface area contributed by atoms with Crippen LogP contribution in [0.25, 0.3) is 10.9 Å². The van der Waals surface area contributed by atoms with E-state index in [1.165, 1.54) is 0 Å². The van der Waals surface area contributed by atoms with Gasteiger partial charge in [-0.1, -0.05) is 0 Å². The Hall–Kier alpha value is -2.50. The van der Waals surface area contributed by atoms with Crippen molar-refractivity contribution in [3.8, 4) is 11.5 Å². The van der Waals surface area contributed by atoms with Gasteiger partial charge in [0, 0.05) is 36.4 Å². The Bertz CT molecular complexity index is 754. The van der Waals surface area contributed by atoms with Gasteiger partial charge < -0.3 is 19.1 Å². The number of benzene rings is 1. The SMILES string of the molecule is CCOC(=O)C1CCN(c2ccnc3cc(OC)c(OC)cc23)CC1. The fourth-order valence-electron chi connectivity index (χ4n) is 3.35. The summed E-state index contributed by atoms with van der Waals surface area (Å²) < 4.78 is 15.9. The molecular weight excluding hydrogens is 320 g/mol. The van der Waals surface area contributed by atoms with Gasteiger partial charge in [-0.2, -0.15) is 0 Å². The lowest BCUT2D eigenvalue weighted by molar-refractivity contribution is -0.148. The summed E-state index contributed by atoms with van der Waals surface area (Å²) in [7, 11) is 3.25. The fourth-order valence-corrected chi connectivity index (χ4v) is 3.35. The van der Waals surface area contributed by atoms with Crippen LogP contribution in [0.5, 0.6) is 11.5 Å². The number of anilines is 1. The number of hydrogen-bond donors (Lipinski definition) is 0. The minimum atomic E-state index is -0.0758. The summed E-state index contributed by atoms with van der Waals surface area (Å²) >= 11 is 0. The molecule has 3 rings (SSSR count). The van der Waals surface area contributed by atoms with Crippen LogP contribution in [0.15, 0.2) is 24.4 Å². The minimum Gasteiger partial charge on any atom is -0.493 e. The van der Waals surface area contributed by atoms with Gasteiger partial charge in [0.05, 0.1) is 32.3 Å². The number of rotatable bonds is 5. The first kappa shape index (κ1) is 17.3. The first-order valence-corrected chi connectivity index (χ1v) is 8.60. The van der Waals surface area contributed by atoms with Crippen LogP contribution >= 0.6 is 0 Å². The Labute approximate surface area is 147 Å². The lowest BCUT2D eigenvalue weighted by Crippen LogP contribution is -2.37. The van der Waals surface area contributed by atoms with Crippen molar-refractivity contribution in [2.75, 3.05) is 38.8 Å². The zero-order chi connectivity index (χ0) is 17.8. The Morgan fingerprint density at radius 1 is 1.20 bits per heavy atom. The van der Waals surface area contributed by atoms with E-state index >= 15 is 0 Å². The number of carbonyl (C=O) groups is 1. The molecule has 1 aliphatic rings. The second kappa shape index (κ2) is 7.59. The highest BCUT2D eigenvalue weighted by molar-refractivity contribution is 5.94. The predicted molar refractivity (Wildman–Crippen MR) is 96.4 cm³/mol. The predicted octanol–water partition coefficient (Wildman–Crippen LogP) is 3.03. The van der Waals surface area contributed by atoms with Crippen molar-refractivity contribution in [2.45, 2.75) is 19.8 Å². The molecule has 0 spiro atoms. The molecule has 0 amide bonds. The van der Waals surface area contributed by atoms with Crippen molar-refractivity contribution in [1.82, 2.24) is 4.98 Å². The molecule has 2 heterocycles. The van der Waals surface area contributed by atoms with Crippen LogP contribution < -0.4 is 14.4 Å². The number of aromatic nitrogens is 1. The van der Waals surface area contributed by atoms with Crippen molar-refractivity contribution in [1.29, 1.82) is 0 Å². The minimum absolute atomic E-state index is 0.000989. The lowest BCUT2D eigenvalue weighted by atomic mass is 9.96. The van der Waals surface area contributed by atoms with Gasteiger partial charge in [-0.25, -0.2) is 0 Å². The second-order valence-electron chi connectivity index (χ2n) is 6.07. The van der Waals surface area contributed by atoms with E-state index < -0.39 is 0 Å². The number of fused-ring (bicyclic) bond motifs is 1. The summed E-state index contributed by atoms with van der Waals surface area (Å²) in [6.07, 6.45) is 3.41.